The zero-order valence-corrected chi connectivity index (χ0v) is 21.0. The lowest BCUT2D eigenvalue weighted by Gasteiger charge is -2.29. The molecule has 32 heavy (non-hydrogen) atoms. The minimum absolute atomic E-state index is 0.0186. The van der Waals surface area contributed by atoms with Crippen molar-refractivity contribution in [1.29, 1.82) is 0 Å². The van der Waals surface area contributed by atoms with Gasteiger partial charge >= 0.3 is 5.97 Å². The highest BCUT2D eigenvalue weighted by molar-refractivity contribution is 5.72. The average molecular weight is 451 g/mol. The van der Waals surface area contributed by atoms with Crippen molar-refractivity contribution in [2.45, 2.75) is 148 Å². The molecule has 4 atom stereocenters. The summed E-state index contributed by atoms with van der Waals surface area (Å²) in [6.45, 7) is 4.55. The Kier molecular flexibility index (Phi) is 11.9. The van der Waals surface area contributed by atoms with Crippen molar-refractivity contribution in [1.82, 2.24) is 0 Å². The van der Waals surface area contributed by atoms with Crippen LogP contribution in [-0.2, 0) is 19.0 Å². The fraction of sp³-hybridized carbons (Fsp3) is 0.964. The second-order valence-corrected chi connectivity index (χ2v) is 10.7. The fourth-order valence-corrected chi connectivity index (χ4v) is 6.31. The maximum Gasteiger partial charge on any atom is 0.308 e. The van der Waals surface area contributed by atoms with Crippen LogP contribution in [0.3, 0.4) is 0 Å². The van der Waals surface area contributed by atoms with Gasteiger partial charge < -0.3 is 14.2 Å². The van der Waals surface area contributed by atoms with E-state index in [2.05, 4.69) is 6.92 Å². The lowest BCUT2D eigenvalue weighted by Crippen LogP contribution is -2.30. The first kappa shape index (κ1) is 26.0. The van der Waals surface area contributed by atoms with Crippen LogP contribution in [0.5, 0.6) is 0 Å². The standard InChI is InChI=1S/C28H50O4/c1-3-5-14-24(28(29)30-4-2)17-20-27-31-25-18-19-26(32-27)23-15-10-6-8-12-22(21-25)13-9-7-11-16-23/h22-27H,3-21H2,1-2H3. The molecule has 0 aromatic heterocycles. The number of hydrogen-bond donors (Lipinski definition) is 0. The highest BCUT2D eigenvalue weighted by Crippen LogP contribution is 2.37. The van der Waals surface area contributed by atoms with Crippen LogP contribution in [0.25, 0.3) is 0 Å². The van der Waals surface area contributed by atoms with E-state index < -0.39 is 0 Å². The Bertz CT molecular complexity index is 508. The monoisotopic (exact) mass is 450 g/mol. The number of hydrogen-bond acceptors (Lipinski definition) is 4. The molecule has 0 aromatic rings. The van der Waals surface area contributed by atoms with Crippen LogP contribution in [-0.4, -0.2) is 31.1 Å². The summed E-state index contributed by atoms with van der Waals surface area (Å²) in [5.74, 6) is 1.44. The van der Waals surface area contributed by atoms with Crippen LogP contribution in [0.15, 0.2) is 0 Å². The normalized spacial score (nSPS) is 33.1. The Morgan fingerprint density at radius 1 is 0.875 bits per heavy atom. The van der Waals surface area contributed by atoms with Gasteiger partial charge in [-0.2, -0.15) is 0 Å². The predicted octanol–water partition coefficient (Wildman–Crippen LogP) is 7.58. The third-order valence-corrected chi connectivity index (χ3v) is 8.22. The molecule has 0 amide bonds. The zero-order valence-electron chi connectivity index (χ0n) is 21.0. The number of carbonyl (C=O) groups is 1. The van der Waals surface area contributed by atoms with Crippen molar-refractivity contribution in [3.63, 3.8) is 0 Å². The summed E-state index contributed by atoms with van der Waals surface area (Å²) in [5, 5.41) is 0. The van der Waals surface area contributed by atoms with Crippen LogP contribution in [0.4, 0.5) is 0 Å². The Morgan fingerprint density at radius 2 is 1.59 bits per heavy atom. The largest absolute Gasteiger partial charge is 0.466 e. The molecule has 4 rings (SSSR count). The summed E-state index contributed by atoms with van der Waals surface area (Å²) in [5.41, 5.74) is 0. The molecule has 0 aromatic carbocycles. The molecule has 4 heteroatoms. The van der Waals surface area contributed by atoms with E-state index in [-0.39, 0.29) is 18.2 Å². The van der Waals surface area contributed by atoms with Gasteiger partial charge in [-0.25, -0.2) is 0 Å². The van der Waals surface area contributed by atoms with Crippen molar-refractivity contribution >= 4 is 5.97 Å². The van der Waals surface area contributed by atoms with Crippen molar-refractivity contribution < 1.29 is 19.0 Å². The second-order valence-electron chi connectivity index (χ2n) is 10.7. The van der Waals surface area contributed by atoms with E-state index in [0.29, 0.717) is 24.7 Å². The van der Waals surface area contributed by atoms with Crippen LogP contribution >= 0.6 is 0 Å². The van der Waals surface area contributed by atoms with Gasteiger partial charge in [-0.05, 0) is 70.1 Å². The van der Waals surface area contributed by atoms with Gasteiger partial charge in [0, 0.05) is 0 Å². The first-order valence-corrected chi connectivity index (χ1v) is 14.2. The number of fused-ring (bicyclic) bond motifs is 8. The topological polar surface area (TPSA) is 44.8 Å². The molecule has 4 fully saturated rings. The number of ether oxygens (including phenoxy) is 3. The summed E-state index contributed by atoms with van der Waals surface area (Å²) < 4.78 is 18.8. The third-order valence-electron chi connectivity index (χ3n) is 8.22. The smallest absolute Gasteiger partial charge is 0.308 e. The van der Waals surface area contributed by atoms with Gasteiger partial charge in [0.2, 0.25) is 0 Å². The Labute approximate surface area is 197 Å². The lowest BCUT2D eigenvalue weighted by atomic mass is 9.82. The van der Waals surface area contributed by atoms with Crippen molar-refractivity contribution in [3.8, 4) is 0 Å². The minimum atomic E-state index is -0.157. The highest BCUT2D eigenvalue weighted by Gasteiger charge is 2.34. The summed E-state index contributed by atoms with van der Waals surface area (Å²) in [6.07, 6.45) is 22.4. The quantitative estimate of drug-likeness (QED) is 0.358. The molecule has 186 valence electrons. The van der Waals surface area contributed by atoms with Crippen LogP contribution in [0, 0.1) is 17.8 Å². The van der Waals surface area contributed by atoms with Gasteiger partial charge in [0.15, 0.2) is 6.29 Å². The number of esters is 1. The first-order chi connectivity index (χ1) is 15.7. The molecule has 0 radical (unpaired) electrons. The lowest BCUT2D eigenvalue weighted by molar-refractivity contribution is -0.192. The predicted molar refractivity (Wildman–Crippen MR) is 129 cm³/mol. The molecule has 1 aliphatic heterocycles. The molecule has 4 bridgehead atoms. The molecule has 0 spiro atoms. The van der Waals surface area contributed by atoms with Crippen molar-refractivity contribution in [2.75, 3.05) is 6.61 Å². The minimum Gasteiger partial charge on any atom is -0.466 e. The van der Waals surface area contributed by atoms with Gasteiger partial charge in [0.1, 0.15) is 0 Å². The van der Waals surface area contributed by atoms with E-state index in [0.717, 1.165) is 50.9 Å². The van der Waals surface area contributed by atoms with E-state index in [4.69, 9.17) is 14.2 Å². The highest BCUT2D eigenvalue weighted by atomic mass is 16.7. The van der Waals surface area contributed by atoms with Crippen LogP contribution < -0.4 is 0 Å². The molecular formula is C28H50O4. The molecule has 4 nitrogen and oxygen atoms in total. The summed E-state index contributed by atoms with van der Waals surface area (Å²) >= 11 is 0. The Morgan fingerprint density at radius 3 is 2.28 bits per heavy atom. The van der Waals surface area contributed by atoms with Crippen LogP contribution in [0.1, 0.15) is 129 Å². The van der Waals surface area contributed by atoms with Gasteiger partial charge in [0.05, 0.1) is 24.7 Å². The molecule has 1 heterocycles. The van der Waals surface area contributed by atoms with Gasteiger partial charge in [0.25, 0.3) is 0 Å². The number of carbonyl (C=O) groups excluding carboxylic acids is 1. The number of rotatable bonds is 8. The molecule has 1 saturated heterocycles. The SMILES string of the molecule is CCCCC(CCC1OC2CCC(O1)C1CCCCCC(CCCCC1)C2)C(=O)OCC. The summed E-state index contributed by atoms with van der Waals surface area (Å²) in [4.78, 5) is 12.5. The molecule has 3 aliphatic carbocycles. The maximum atomic E-state index is 12.5. The molecule has 4 unspecified atom stereocenters. The van der Waals surface area contributed by atoms with Gasteiger partial charge in [-0.1, -0.05) is 71.1 Å². The van der Waals surface area contributed by atoms with Gasteiger partial charge in [-0.15, -0.1) is 0 Å². The zero-order chi connectivity index (χ0) is 22.6. The molecule has 3 saturated carbocycles. The molecular weight excluding hydrogens is 400 g/mol. The number of unbranched alkanes of at least 4 members (excludes halogenated alkanes) is 1. The van der Waals surface area contributed by atoms with Crippen molar-refractivity contribution in [3.05, 3.63) is 0 Å². The summed E-state index contributed by atoms with van der Waals surface area (Å²) in [7, 11) is 0. The Balaban J connectivity index is 1.70. The van der Waals surface area contributed by atoms with Crippen molar-refractivity contribution in [2.24, 2.45) is 17.8 Å². The van der Waals surface area contributed by atoms with E-state index in [1.807, 2.05) is 6.92 Å². The van der Waals surface area contributed by atoms with Gasteiger partial charge in [-0.3, -0.25) is 4.79 Å². The second kappa shape index (κ2) is 14.6. The van der Waals surface area contributed by atoms with E-state index in [9.17, 15) is 4.79 Å². The first-order valence-electron chi connectivity index (χ1n) is 14.2. The molecule has 0 N–H and O–H groups in total. The maximum absolute atomic E-state index is 12.5. The molecule has 4 aliphatic rings. The van der Waals surface area contributed by atoms with E-state index >= 15 is 0 Å². The fourth-order valence-electron chi connectivity index (χ4n) is 6.31. The van der Waals surface area contributed by atoms with E-state index in [1.54, 1.807) is 0 Å². The summed E-state index contributed by atoms with van der Waals surface area (Å²) in [6, 6.07) is 0. The third kappa shape index (κ3) is 8.63. The van der Waals surface area contributed by atoms with E-state index in [1.165, 1.54) is 70.6 Å². The Hall–Kier alpha value is -0.610. The average Bonchev–Trinajstić information content (AvgIpc) is 2.96. The van der Waals surface area contributed by atoms with Crippen LogP contribution in [0.2, 0.25) is 0 Å².